The lowest BCUT2D eigenvalue weighted by atomic mass is 10.1. The van der Waals surface area contributed by atoms with E-state index in [1.807, 2.05) is 26.8 Å². The van der Waals surface area contributed by atoms with E-state index in [-0.39, 0.29) is 15.6 Å². The Labute approximate surface area is 228 Å². The standard InChI is InChI=1S/C28H28N4O5S2/c1-20-7-11-26(12-8-20)39(36,37)32(24-17-21(2)16-22(3)18-24)19-28(33)30-23-9-13-25(14-10-23)38(34,35)31-27-6-4-5-15-29-27/h4-18H,19H2,1-3H3,(H,29,31)(H,30,33). The molecule has 11 heteroatoms. The van der Waals surface area contributed by atoms with Crippen LogP contribution >= 0.6 is 0 Å². The molecule has 1 aromatic heterocycles. The van der Waals surface area contributed by atoms with Crippen LogP contribution in [0.1, 0.15) is 16.7 Å². The molecule has 0 atom stereocenters. The Morgan fingerprint density at radius 3 is 1.97 bits per heavy atom. The summed E-state index contributed by atoms with van der Waals surface area (Å²) >= 11 is 0. The number of carbonyl (C=O) groups excluding carboxylic acids is 1. The highest BCUT2D eigenvalue weighted by Crippen LogP contribution is 2.26. The summed E-state index contributed by atoms with van der Waals surface area (Å²) in [6, 6.07) is 22.1. The largest absolute Gasteiger partial charge is 0.325 e. The van der Waals surface area contributed by atoms with Crippen molar-refractivity contribution in [3.63, 3.8) is 0 Å². The highest BCUT2D eigenvalue weighted by atomic mass is 32.2. The van der Waals surface area contributed by atoms with Crippen LogP contribution in [0.4, 0.5) is 17.2 Å². The Morgan fingerprint density at radius 2 is 1.38 bits per heavy atom. The van der Waals surface area contributed by atoms with Crippen molar-refractivity contribution in [2.75, 3.05) is 20.9 Å². The van der Waals surface area contributed by atoms with Crippen LogP contribution < -0.4 is 14.3 Å². The predicted octanol–water partition coefficient (Wildman–Crippen LogP) is 4.64. The first-order valence-corrected chi connectivity index (χ1v) is 14.9. The molecule has 0 aliphatic heterocycles. The van der Waals surface area contributed by atoms with E-state index in [2.05, 4.69) is 15.0 Å². The monoisotopic (exact) mass is 564 g/mol. The van der Waals surface area contributed by atoms with Crippen molar-refractivity contribution in [3.8, 4) is 0 Å². The Kier molecular flexibility index (Phi) is 8.03. The maximum atomic E-state index is 13.6. The molecule has 0 radical (unpaired) electrons. The van der Waals surface area contributed by atoms with Gasteiger partial charge in [0.15, 0.2) is 0 Å². The molecule has 4 aromatic rings. The second-order valence-corrected chi connectivity index (χ2v) is 12.6. The number of sulfonamides is 2. The van der Waals surface area contributed by atoms with Gasteiger partial charge in [0, 0.05) is 11.9 Å². The molecule has 0 spiro atoms. The van der Waals surface area contributed by atoms with E-state index in [1.54, 1.807) is 36.4 Å². The molecule has 3 aromatic carbocycles. The van der Waals surface area contributed by atoms with Crippen LogP contribution in [-0.4, -0.2) is 34.3 Å². The van der Waals surface area contributed by atoms with E-state index in [4.69, 9.17) is 0 Å². The zero-order valence-corrected chi connectivity index (χ0v) is 23.3. The van der Waals surface area contributed by atoms with Crippen LogP contribution in [0.25, 0.3) is 0 Å². The lowest BCUT2D eigenvalue weighted by molar-refractivity contribution is -0.114. The Balaban J connectivity index is 1.56. The fourth-order valence-corrected chi connectivity index (χ4v) is 6.33. The number of benzene rings is 3. The Hall–Kier alpha value is -4.22. The smallest absolute Gasteiger partial charge is 0.264 e. The van der Waals surface area contributed by atoms with Crippen LogP contribution in [0.15, 0.2) is 101 Å². The number of carbonyl (C=O) groups is 1. The third kappa shape index (κ3) is 6.81. The first-order valence-electron chi connectivity index (χ1n) is 12.0. The quantitative estimate of drug-likeness (QED) is 0.305. The number of amides is 1. The summed E-state index contributed by atoms with van der Waals surface area (Å²) in [5.41, 5.74) is 3.29. The van der Waals surface area contributed by atoms with Gasteiger partial charge < -0.3 is 5.32 Å². The van der Waals surface area contributed by atoms with Gasteiger partial charge in [-0.25, -0.2) is 21.8 Å². The number of nitrogens with one attached hydrogen (secondary N) is 2. The fourth-order valence-electron chi connectivity index (χ4n) is 3.92. The van der Waals surface area contributed by atoms with Gasteiger partial charge in [0.25, 0.3) is 20.0 Å². The minimum Gasteiger partial charge on any atom is -0.325 e. The number of rotatable bonds is 9. The van der Waals surface area contributed by atoms with Gasteiger partial charge in [-0.1, -0.05) is 29.8 Å². The van der Waals surface area contributed by atoms with Gasteiger partial charge in [-0.3, -0.25) is 13.8 Å². The summed E-state index contributed by atoms with van der Waals surface area (Å²) in [6.45, 7) is 5.08. The van der Waals surface area contributed by atoms with E-state index < -0.39 is 32.5 Å². The van der Waals surface area contributed by atoms with Gasteiger partial charge in [-0.2, -0.15) is 0 Å². The van der Waals surface area contributed by atoms with E-state index in [0.717, 1.165) is 21.0 Å². The second kappa shape index (κ2) is 11.3. The number of aromatic nitrogens is 1. The molecule has 39 heavy (non-hydrogen) atoms. The lowest BCUT2D eigenvalue weighted by Gasteiger charge is -2.25. The van der Waals surface area contributed by atoms with Crippen LogP contribution in [0.3, 0.4) is 0 Å². The van der Waals surface area contributed by atoms with E-state index in [1.165, 1.54) is 48.7 Å². The van der Waals surface area contributed by atoms with Gasteiger partial charge in [0.05, 0.1) is 15.5 Å². The van der Waals surface area contributed by atoms with Crippen molar-refractivity contribution in [2.24, 2.45) is 0 Å². The van der Waals surface area contributed by atoms with Crippen molar-refractivity contribution in [1.29, 1.82) is 0 Å². The maximum Gasteiger partial charge on any atom is 0.264 e. The number of aryl methyl sites for hydroxylation is 3. The summed E-state index contributed by atoms with van der Waals surface area (Å²) in [4.78, 5) is 17.1. The second-order valence-electron chi connectivity index (χ2n) is 9.06. The number of hydrogen-bond donors (Lipinski definition) is 2. The van der Waals surface area contributed by atoms with E-state index in [0.29, 0.717) is 11.4 Å². The molecule has 9 nitrogen and oxygen atoms in total. The zero-order valence-electron chi connectivity index (χ0n) is 21.6. The molecular formula is C28H28N4O5S2. The molecule has 2 N–H and O–H groups in total. The molecule has 0 saturated heterocycles. The van der Waals surface area contributed by atoms with Gasteiger partial charge in [-0.05, 0) is 92.6 Å². The first kappa shape index (κ1) is 27.8. The highest BCUT2D eigenvalue weighted by Gasteiger charge is 2.27. The molecule has 0 aliphatic carbocycles. The fraction of sp³-hybridized carbons (Fsp3) is 0.143. The number of hydrogen-bond acceptors (Lipinski definition) is 6. The minimum absolute atomic E-state index is 0.0232. The molecule has 0 aliphatic rings. The van der Waals surface area contributed by atoms with E-state index in [9.17, 15) is 21.6 Å². The number of anilines is 3. The van der Waals surface area contributed by atoms with Gasteiger partial charge in [0.1, 0.15) is 12.4 Å². The van der Waals surface area contributed by atoms with Gasteiger partial charge >= 0.3 is 0 Å². The van der Waals surface area contributed by atoms with Crippen LogP contribution in [-0.2, 0) is 24.8 Å². The highest BCUT2D eigenvalue weighted by molar-refractivity contribution is 7.93. The normalized spacial score (nSPS) is 11.6. The summed E-state index contributed by atoms with van der Waals surface area (Å²) in [7, 11) is -7.96. The zero-order chi connectivity index (χ0) is 28.2. The van der Waals surface area contributed by atoms with Crippen molar-refractivity contribution in [1.82, 2.24) is 4.98 Å². The molecule has 202 valence electrons. The van der Waals surface area contributed by atoms with Crippen molar-refractivity contribution in [2.45, 2.75) is 30.6 Å². The minimum atomic E-state index is -4.07. The molecular weight excluding hydrogens is 536 g/mol. The average molecular weight is 565 g/mol. The SMILES string of the molecule is Cc1ccc(S(=O)(=O)N(CC(=O)Nc2ccc(S(=O)(=O)Nc3ccccn3)cc2)c2cc(C)cc(C)c2)cc1. The molecule has 0 bridgehead atoms. The van der Waals surface area contributed by atoms with Crippen LogP contribution in [0, 0.1) is 20.8 Å². The van der Waals surface area contributed by atoms with Crippen molar-refractivity contribution < 1.29 is 21.6 Å². The molecule has 0 fully saturated rings. The van der Waals surface area contributed by atoms with Crippen LogP contribution in [0.5, 0.6) is 0 Å². The Bertz CT molecular complexity index is 1670. The Morgan fingerprint density at radius 1 is 0.769 bits per heavy atom. The summed E-state index contributed by atoms with van der Waals surface area (Å²) in [5, 5.41) is 2.66. The molecule has 0 saturated carbocycles. The molecule has 1 heterocycles. The summed E-state index contributed by atoms with van der Waals surface area (Å²) in [6.07, 6.45) is 1.47. The number of pyridine rings is 1. The summed E-state index contributed by atoms with van der Waals surface area (Å²) in [5.74, 6) is -0.414. The van der Waals surface area contributed by atoms with Crippen LogP contribution in [0.2, 0.25) is 0 Å². The predicted molar refractivity (Wildman–Crippen MR) is 152 cm³/mol. The topological polar surface area (TPSA) is 126 Å². The first-order chi connectivity index (χ1) is 18.4. The van der Waals surface area contributed by atoms with Crippen molar-refractivity contribution in [3.05, 3.63) is 108 Å². The third-order valence-corrected chi connectivity index (χ3v) is 8.90. The average Bonchev–Trinajstić information content (AvgIpc) is 2.87. The molecule has 4 rings (SSSR count). The summed E-state index contributed by atoms with van der Waals surface area (Å²) < 4.78 is 56.0. The van der Waals surface area contributed by atoms with E-state index >= 15 is 0 Å². The molecule has 1 amide bonds. The lowest BCUT2D eigenvalue weighted by Crippen LogP contribution is -2.38. The van der Waals surface area contributed by atoms with Gasteiger partial charge in [-0.15, -0.1) is 0 Å². The maximum absolute atomic E-state index is 13.6. The molecule has 0 unspecified atom stereocenters. The van der Waals surface area contributed by atoms with Crippen molar-refractivity contribution >= 4 is 43.1 Å². The number of nitrogens with zero attached hydrogens (tertiary/aromatic N) is 2. The third-order valence-electron chi connectivity index (χ3n) is 5.74. The van der Waals surface area contributed by atoms with Gasteiger partial charge in [0.2, 0.25) is 5.91 Å².